The fourth-order valence-corrected chi connectivity index (χ4v) is 8.84. The molecule has 5 unspecified atom stereocenters. The smallest absolute Gasteiger partial charge is 0.306 e. The monoisotopic (exact) mass is 432 g/mol. The molecule has 0 amide bonds. The quantitative estimate of drug-likeness (QED) is 0.578. The average molecular weight is 433 g/mol. The van der Waals surface area contributed by atoms with Gasteiger partial charge in [-0.2, -0.15) is 0 Å². The zero-order valence-corrected chi connectivity index (χ0v) is 20.4. The van der Waals surface area contributed by atoms with E-state index in [1.807, 2.05) is 13.8 Å². The summed E-state index contributed by atoms with van der Waals surface area (Å²) in [5.74, 6) is 3.59. The van der Waals surface area contributed by atoms with Crippen LogP contribution >= 0.6 is 0 Å². The molecule has 0 saturated heterocycles. The highest BCUT2D eigenvalue weighted by Crippen LogP contribution is 2.68. The minimum Gasteiger partial charge on any atom is -0.463 e. The summed E-state index contributed by atoms with van der Waals surface area (Å²) in [4.78, 5) is 24.2. The minimum absolute atomic E-state index is 0.0454. The molecule has 0 aromatic rings. The number of hydrogen-bond acceptors (Lipinski definition) is 4. The van der Waals surface area contributed by atoms with Crippen LogP contribution in [0.15, 0.2) is 0 Å². The predicted octanol–water partition coefficient (Wildman–Crippen LogP) is 5.55. The molecule has 0 aromatic heterocycles. The Balaban J connectivity index is 1.49. The van der Waals surface area contributed by atoms with E-state index in [1.165, 1.54) is 25.7 Å². The second-order valence-corrected chi connectivity index (χ2v) is 12.3. The van der Waals surface area contributed by atoms with Gasteiger partial charge in [-0.05, 0) is 105 Å². The molecule has 0 radical (unpaired) electrons. The highest BCUT2D eigenvalue weighted by atomic mass is 16.5. The lowest BCUT2D eigenvalue weighted by Crippen LogP contribution is -2.58. The second-order valence-electron chi connectivity index (χ2n) is 12.3. The molecule has 4 saturated carbocycles. The largest absolute Gasteiger partial charge is 0.463 e. The Bertz CT molecular complexity index is 701. The first-order valence-electron chi connectivity index (χ1n) is 13.0. The number of Topliss-reactive ketones (excluding diaryl/α,β-unsaturated/α-hetero) is 1. The topological polar surface area (TPSA) is 63.6 Å². The number of hydrogen-bond donors (Lipinski definition) is 1. The van der Waals surface area contributed by atoms with Crippen molar-refractivity contribution < 1.29 is 19.4 Å². The van der Waals surface area contributed by atoms with Crippen LogP contribution in [0.3, 0.4) is 0 Å². The van der Waals surface area contributed by atoms with Gasteiger partial charge >= 0.3 is 5.97 Å². The molecular weight excluding hydrogens is 388 g/mol. The highest BCUT2D eigenvalue weighted by Gasteiger charge is 2.63. The Labute approximate surface area is 188 Å². The molecular formula is C27H44O4. The maximum atomic E-state index is 12.1. The number of carbonyl (C=O) groups is 2. The molecule has 4 rings (SSSR count). The molecule has 176 valence electrons. The molecule has 4 fully saturated rings. The molecule has 9 atom stereocenters. The lowest BCUT2D eigenvalue weighted by Gasteiger charge is -2.62. The van der Waals surface area contributed by atoms with E-state index in [0.717, 1.165) is 32.1 Å². The lowest BCUT2D eigenvalue weighted by molar-refractivity contribution is -0.171. The summed E-state index contributed by atoms with van der Waals surface area (Å²) in [6.07, 6.45) is 9.21. The van der Waals surface area contributed by atoms with Crippen LogP contribution in [0.25, 0.3) is 0 Å². The standard InChI is InChI=1S/C27H44O4/c1-16(2)31-25(30)11-6-17(3)21-9-10-22-20-8-7-18-14-19(28)12-13-26(18,4)23(20)15-24(29)27(21,22)5/h16-18,20-24,29H,6-15H2,1-5H3/t17-,18?,20?,21?,22?,23?,24+,26+,27-/m1/s1. The maximum Gasteiger partial charge on any atom is 0.306 e. The van der Waals surface area contributed by atoms with Crippen molar-refractivity contribution in [2.24, 2.45) is 46.3 Å². The van der Waals surface area contributed by atoms with Gasteiger partial charge in [-0.3, -0.25) is 9.59 Å². The first-order valence-corrected chi connectivity index (χ1v) is 13.0. The molecule has 4 aliphatic rings. The van der Waals surface area contributed by atoms with Gasteiger partial charge in [0, 0.05) is 19.3 Å². The SMILES string of the molecule is CC(C)OC(=O)CC[C@@H](C)C1CCC2C3CCC4CC(=O)CC[C@]4(C)C3C[C@H](O)[C@@]21C. The van der Waals surface area contributed by atoms with Crippen LogP contribution in [0.2, 0.25) is 0 Å². The van der Waals surface area contributed by atoms with Gasteiger partial charge in [0.2, 0.25) is 0 Å². The van der Waals surface area contributed by atoms with Crippen molar-refractivity contribution >= 4 is 11.8 Å². The molecule has 0 spiro atoms. The molecule has 31 heavy (non-hydrogen) atoms. The van der Waals surface area contributed by atoms with Crippen LogP contribution in [-0.4, -0.2) is 29.1 Å². The normalized spacial score (nSPS) is 45.6. The van der Waals surface area contributed by atoms with E-state index in [1.54, 1.807) is 0 Å². The zero-order chi connectivity index (χ0) is 22.6. The number of rotatable bonds is 5. The fourth-order valence-electron chi connectivity index (χ4n) is 8.84. The fraction of sp³-hybridized carbons (Fsp3) is 0.926. The Kier molecular flexibility index (Phi) is 6.35. The summed E-state index contributed by atoms with van der Waals surface area (Å²) in [5, 5.41) is 11.6. The van der Waals surface area contributed by atoms with Crippen LogP contribution in [0.1, 0.15) is 98.8 Å². The van der Waals surface area contributed by atoms with Crippen molar-refractivity contribution in [3.8, 4) is 0 Å². The van der Waals surface area contributed by atoms with Gasteiger partial charge < -0.3 is 9.84 Å². The van der Waals surface area contributed by atoms with Crippen molar-refractivity contribution in [1.29, 1.82) is 0 Å². The van der Waals surface area contributed by atoms with E-state index in [0.29, 0.717) is 47.7 Å². The molecule has 0 aliphatic heterocycles. The number of carbonyl (C=O) groups excluding carboxylic acids is 2. The number of esters is 1. The van der Waals surface area contributed by atoms with Crippen molar-refractivity contribution in [3.05, 3.63) is 0 Å². The van der Waals surface area contributed by atoms with Crippen LogP contribution in [0, 0.1) is 46.3 Å². The summed E-state index contributed by atoms with van der Waals surface area (Å²) < 4.78 is 5.34. The third kappa shape index (κ3) is 3.89. The van der Waals surface area contributed by atoms with Gasteiger partial charge in [0.05, 0.1) is 12.2 Å². The van der Waals surface area contributed by atoms with E-state index in [-0.39, 0.29) is 29.0 Å². The summed E-state index contributed by atoms with van der Waals surface area (Å²) in [6, 6.07) is 0. The molecule has 0 bridgehead atoms. The predicted molar refractivity (Wildman–Crippen MR) is 121 cm³/mol. The Morgan fingerprint density at radius 2 is 1.87 bits per heavy atom. The van der Waals surface area contributed by atoms with Gasteiger partial charge in [0.25, 0.3) is 0 Å². The highest BCUT2D eigenvalue weighted by molar-refractivity contribution is 5.79. The summed E-state index contributed by atoms with van der Waals surface area (Å²) in [5.41, 5.74) is 0.180. The molecule has 4 heteroatoms. The van der Waals surface area contributed by atoms with Crippen molar-refractivity contribution in [2.45, 2.75) is 111 Å². The first kappa shape index (κ1) is 23.3. The van der Waals surface area contributed by atoms with Crippen molar-refractivity contribution in [2.75, 3.05) is 0 Å². The summed E-state index contributed by atoms with van der Waals surface area (Å²) in [7, 11) is 0. The van der Waals surface area contributed by atoms with Crippen LogP contribution in [0.5, 0.6) is 0 Å². The van der Waals surface area contributed by atoms with Gasteiger partial charge in [-0.15, -0.1) is 0 Å². The number of fused-ring (bicyclic) bond motifs is 5. The van der Waals surface area contributed by atoms with Crippen molar-refractivity contribution in [3.63, 3.8) is 0 Å². The second kappa shape index (κ2) is 8.47. The minimum atomic E-state index is -0.274. The van der Waals surface area contributed by atoms with Crippen molar-refractivity contribution in [1.82, 2.24) is 0 Å². The Morgan fingerprint density at radius 1 is 1.13 bits per heavy atom. The Hall–Kier alpha value is -0.900. The molecule has 4 nitrogen and oxygen atoms in total. The molecule has 1 N–H and O–H groups in total. The third-order valence-corrected chi connectivity index (χ3v) is 10.5. The number of ketones is 1. The number of aliphatic hydroxyl groups is 1. The van der Waals surface area contributed by atoms with E-state index >= 15 is 0 Å². The van der Waals surface area contributed by atoms with E-state index < -0.39 is 0 Å². The molecule has 0 heterocycles. The average Bonchev–Trinajstić information content (AvgIpc) is 3.06. The number of ether oxygens (including phenoxy) is 1. The lowest BCUT2D eigenvalue weighted by atomic mass is 9.44. The zero-order valence-electron chi connectivity index (χ0n) is 20.4. The van der Waals surface area contributed by atoms with Crippen LogP contribution < -0.4 is 0 Å². The summed E-state index contributed by atoms with van der Waals surface area (Å²) >= 11 is 0. The number of aliphatic hydroxyl groups excluding tert-OH is 1. The summed E-state index contributed by atoms with van der Waals surface area (Å²) in [6.45, 7) is 10.9. The molecule has 4 aliphatic carbocycles. The Morgan fingerprint density at radius 3 is 2.58 bits per heavy atom. The van der Waals surface area contributed by atoms with E-state index in [2.05, 4.69) is 20.8 Å². The van der Waals surface area contributed by atoms with Gasteiger partial charge in [-0.1, -0.05) is 20.8 Å². The van der Waals surface area contributed by atoms with Crippen LogP contribution in [0.4, 0.5) is 0 Å². The van der Waals surface area contributed by atoms with Gasteiger partial charge in [0.1, 0.15) is 5.78 Å². The first-order chi connectivity index (χ1) is 14.6. The van der Waals surface area contributed by atoms with Gasteiger partial charge in [0.15, 0.2) is 0 Å². The van der Waals surface area contributed by atoms with E-state index in [9.17, 15) is 14.7 Å². The van der Waals surface area contributed by atoms with Crippen LogP contribution in [-0.2, 0) is 14.3 Å². The van der Waals surface area contributed by atoms with E-state index in [4.69, 9.17) is 4.74 Å². The van der Waals surface area contributed by atoms with Gasteiger partial charge in [-0.25, -0.2) is 0 Å². The third-order valence-electron chi connectivity index (χ3n) is 10.5. The molecule has 0 aromatic carbocycles. The maximum absolute atomic E-state index is 12.1.